The van der Waals surface area contributed by atoms with Gasteiger partial charge in [0.1, 0.15) is 5.41 Å². The molecule has 94 valence electrons. The molecule has 0 saturated carbocycles. The van der Waals surface area contributed by atoms with Crippen LogP contribution in [0.1, 0.15) is 19.5 Å². The van der Waals surface area contributed by atoms with E-state index in [0.29, 0.717) is 10.8 Å². The van der Waals surface area contributed by atoms with E-state index in [-0.39, 0.29) is 0 Å². The molecular formula is C12H13N3O2S. The summed E-state index contributed by atoms with van der Waals surface area (Å²) in [5.74, 6) is -0.888. The Balaban J connectivity index is 2.19. The van der Waals surface area contributed by atoms with Crippen LogP contribution in [0.3, 0.4) is 0 Å². The number of thiazole rings is 1. The SMILES string of the molecule is CC(C)(C(=O)O)c1csc(Nc2cccnc2)n1. The van der Waals surface area contributed by atoms with Gasteiger partial charge >= 0.3 is 5.97 Å². The van der Waals surface area contributed by atoms with Gasteiger partial charge in [0, 0.05) is 11.6 Å². The lowest BCUT2D eigenvalue weighted by molar-refractivity contribution is -0.142. The topological polar surface area (TPSA) is 75.1 Å². The highest BCUT2D eigenvalue weighted by Crippen LogP contribution is 2.28. The third kappa shape index (κ3) is 2.48. The minimum absolute atomic E-state index is 0.548. The van der Waals surface area contributed by atoms with Crippen molar-refractivity contribution in [2.24, 2.45) is 0 Å². The van der Waals surface area contributed by atoms with Crippen molar-refractivity contribution >= 4 is 28.1 Å². The zero-order valence-corrected chi connectivity index (χ0v) is 10.9. The molecule has 0 fully saturated rings. The first-order valence-corrected chi connectivity index (χ1v) is 6.24. The van der Waals surface area contributed by atoms with Gasteiger partial charge in [-0.05, 0) is 26.0 Å². The number of hydrogen-bond acceptors (Lipinski definition) is 5. The third-order valence-corrected chi connectivity index (χ3v) is 3.35. The minimum Gasteiger partial charge on any atom is -0.481 e. The van der Waals surface area contributed by atoms with Crippen LogP contribution in [0.15, 0.2) is 29.9 Å². The number of aliphatic carboxylic acids is 1. The fourth-order valence-corrected chi connectivity index (χ4v) is 2.19. The summed E-state index contributed by atoms with van der Waals surface area (Å²) in [6.07, 6.45) is 3.37. The monoisotopic (exact) mass is 263 g/mol. The molecule has 2 heterocycles. The summed E-state index contributed by atoms with van der Waals surface area (Å²) in [4.78, 5) is 19.4. The van der Waals surface area contributed by atoms with Crippen LogP contribution in [0.25, 0.3) is 0 Å². The van der Waals surface area contributed by atoms with Crippen molar-refractivity contribution in [3.63, 3.8) is 0 Å². The molecular weight excluding hydrogens is 250 g/mol. The largest absolute Gasteiger partial charge is 0.481 e. The quantitative estimate of drug-likeness (QED) is 0.887. The van der Waals surface area contributed by atoms with E-state index in [1.807, 2.05) is 12.1 Å². The van der Waals surface area contributed by atoms with Gasteiger partial charge in [-0.1, -0.05) is 0 Å². The van der Waals surface area contributed by atoms with E-state index in [2.05, 4.69) is 15.3 Å². The highest BCUT2D eigenvalue weighted by atomic mass is 32.1. The van der Waals surface area contributed by atoms with Gasteiger partial charge in [0.25, 0.3) is 0 Å². The molecule has 0 amide bonds. The van der Waals surface area contributed by atoms with Gasteiger partial charge in [-0.25, -0.2) is 4.98 Å². The summed E-state index contributed by atoms with van der Waals surface area (Å²) in [7, 11) is 0. The average molecular weight is 263 g/mol. The van der Waals surface area contributed by atoms with Crippen molar-refractivity contribution < 1.29 is 9.90 Å². The van der Waals surface area contributed by atoms with E-state index in [1.54, 1.807) is 31.6 Å². The van der Waals surface area contributed by atoms with Crippen molar-refractivity contribution in [1.29, 1.82) is 0 Å². The molecule has 2 aromatic heterocycles. The van der Waals surface area contributed by atoms with E-state index in [4.69, 9.17) is 5.11 Å². The van der Waals surface area contributed by atoms with Crippen LogP contribution >= 0.6 is 11.3 Å². The maximum absolute atomic E-state index is 11.1. The maximum atomic E-state index is 11.1. The number of nitrogens with one attached hydrogen (secondary N) is 1. The summed E-state index contributed by atoms with van der Waals surface area (Å²) in [5, 5.41) is 14.6. The Morgan fingerprint density at radius 3 is 2.89 bits per heavy atom. The summed E-state index contributed by atoms with van der Waals surface area (Å²) in [6.45, 7) is 3.27. The molecule has 0 aromatic carbocycles. The van der Waals surface area contributed by atoms with Crippen molar-refractivity contribution in [2.75, 3.05) is 5.32 Å². The molecule has 0 aliphatic heterocycles. The molecule has 0 aliphatic carbocycles. The Hall–Kier alpha value is -1.95. The number of rotatable bonds is 4. The smallest absolute Gasteiger partial charge is 0.315 e. The predicted molar refractivity (Wildman–Crippen MR) is 70.3 cm³/mol. The van der Waals surface area contributed by atoms with Crippen LogP contribution in [-0.4, -0.2) is 21.0 Å². The van der Waals surface area contributed by atoms with Crippen molar-refractivity contribution in [3.8, 4) is 0 Å². The Bertz CT molecular complexity index is 551. The summed E-state index contributed by atoms with van der Waals surface area (Å²) < 4.78 is 0. The lowest BCUT2D eigenvalue weighted by atomic mass is 9.90. The van der Waals surface area contributed by atoms with Gasteiger partial charge in [0.15, 0.2) is 5.13 Å². The van der Waals surface area contributed by atoms with Crippen LogP contribution in [0.5, 0.6) is 0 Å². The Labute approximate surface area is 109 Å². The molecule has 5 nitrogen and oxygen atoms in total. The van der Waals surface area contributed by atoms with Crippen LogP contribution in [0.2, 0.25) is 0 Å². The second-order valence-electron chi connectivity index (χ2n) is 4.33. The second-order valence-corrected chi connectivity index (χ2v) is 5.19. The summed E-state index contributed by atoms with van der Waals surface area (Å²) >= 11 is 1.38. The number of carbonyl (C=O) groups is 1. The zero-order valence-electron chi connectivity index (χ0n) is 10.0. The van der Waals surface area contributed by atoms with Gasteiger partial charge in [0.2, 0.25) is 0 Å². The second kappa shape index (κ2) is 4.73. The van der Waals surface area contributed by atoms with E-state index < -0.39 is 11.4 Å². The number of pyridine rings is 1. The van der Waals surface area contributed by atoms with Gasteiger partial charge in [0.05, 0.1) is 17.6 Å². The van der Waals surface area contributed by atoms with Crippen molar-refractivity contribution in [3.05, 3.63) is 35.6 Å². The van der Waals surface area contributed by atoms with Crippen LogP contribution in [0.4, 0.5) is 10.8 Å². The normalized spacial score (nSPS) is 11.2. The summed E-state index contributed by atoms with van der Waals surface area (Å²) in [6, 6.07) is 3.69. The highest BCUT2D eigenvalue weighted by molar-refractivity contribution is 7.13. The molecule has 0 saturated heterocycles. The Kier molecular flexibility index (Phi) is 3.29. The molecule has 0 aliphatic rings. The standard InChI is InChI=1S/C12H13N3O2S/c1-12(2,10(16)17)9-7-18-11(15-9)14-8-4-3-5-13-6-8/h3-7H,1-2H3,(H,14,15)(H,16,17). The maximum Gasteiger partial charge on any atom is 0.315 e. The van der Waals surface area contributed by atoms with E-state index in [0.717, 1.165) is 5.69 Å². The number of anilines is 2. The molecule has 0 bridgehead atoms. The summed E-state index contributed by atoms with van der Waals surface area (Å²) in [5.41, 5.74) is 0.392. The average Bonchev–Trinajstić information content (AvgIpc) is 2.79. The fraction of sp³-hybridized carbons (Fsp3) is 0.250. The number of hydrogen-bond donors (Lipinski definition) is 2. The van der Waals surface area contributed by atoms with E-state index in [1.165, 1.54) is 11.3 Å². The van der Waals surface area contributed by atoms with Crippen LogP contribution in [0, 0.1) is 0 Å². The number of aromatic nitrogens is 2. The van der Waals surface area contributed by atoms with Gasteiger partial charge in [-0.15, -0.1) is 11.3 Å². The molecule has 18 heavy (non-hydrogen) atoms. The lowest BCUT2D eigenvalue weighted by Gasteiger charge is -2.15. The molecule has 2 rings (SSSR count). The number of carboxylic acids is 1. The zero-order chi connectivity index (χ0) is 13.2. The van der Waals surface area contributed by atoms with Gasteiger partial charge < -0.3 is 10.4 Å². The third-order valence-electron chi connectivity index (χ3n) is 2.59. The first-order chi connectivity index (χ1) is 8.50. The Morgan fingerprint density at radius 2 is 2.28 bits per heavy atom. The Morgan fingerprint density at radius 1 is 1.50 bits per heavy atom. The molecule has 0 unspecified atom stereocenters. The van der Waals surface area contributed by atoms with Crippen LogP contribution in [-0.2, 0) is 10.2 Å². The first-order valence-electron chi connectivity index (χ1n) is 5.36. The molecule has 0 radical (unpaired) electrons. The van der Waals surface area contributed by atoms with Crippen molar-refractivity contribution in [2.45, 2.75) is 19.3 Å². The molecule has 0 spiro atoms. The molecule has 2 N–H and O–H groups in total. The van der Waals surface area contributed by atoms with E-state index in [9.17, 15) is 4.79 Å². The minimum atomic E-state index is -0.981. The fourth-order valence-electron chi connectivity index (χ4n) is 1.29. The molecule has 6 heteroatoms. The van der Waals surface area contributed by atoms with Crippen LogP contribution < -0.4 is 5.32 Å². The highest BCUT2D eigenvalue weighted by Gasteiger charge is 2.32. The number of nitrogens with zero attached hydrogens (tertiary/aromatic N) is 2. The lowest BCUT2D eigenvalue weighted by Crippen LogP contribution is -2.28. The number of carboxylic acid groups (broad SMARTS) is 1. The van der Waals surface area contributed by atoms with Gasteiger partial charge in [-0.2, -0.15) is 0 Å². The molecule has 2 aromatic rings. The first kappa shape index (κ1) is 12.5. The van der Waals surface area contributed by atoms with E-state index >= 15 is 0 Å². The van der Waals surface area contributed by atoms with Gasteiger partial charge in [-0.3, -0.25) is 9.78 Å². The predicted octanol–water partition coefficient (Wildman–Crippen LogP) is 2.64. The molecule has 0 atom stereocenters. The van der Waals surface area contributed by atoms with Crippen molar-refractivity contribution in [1.82, 2.24) is 9.97 Å².